The number of fused-ring (bicyclic) bond motifs is 1. The van der Waals surface area contributed by atoms with Crippen molar-refractivity contribution in [2.75, 3.05) is 13.7 Å². The fraction of sp³-hybridized carbons (Fsp3) is 0.541. The Morgan fingerprint density at radius 2 is 1.56 bits per heavy atom. The summed E-state index contributed by atoms with van der Waals surface area (Å²) in [6.07, 6.45) is -2.21. The van der Waals surface area contributed by atoms with Crippen molar-refractivity contribution in [1.29, 1.82) is 0 Å². The molecule has 2 saturated heterocycles. The van der Waals surface area contributed by atoms with E-state index < -0.39 is 54.6 Å². The number of piperidine rings is 1. The summed E-state index contributed by atoms with van der Waals surface area (Å²) in [5, 5.41) is 0. The zero-order valence-electron chi connectivity index (χ0n) is 28.7. The second-order valence-corrected chi connectivity index (χ2v) is 13.4. The molecule has 0 aromatic heterocycles. The lowest BCUT2D eigenvalue weighted by Gasteiger charge is -2.58. The molecular weight excluding hydrogens is 650 g/mol. The maximum atomic E-state index is 13.5. The van der Waals surface area contributed by atoms with Crippen LogP contribution in [0.5, 0.6) is 5.75 Å². The van der Waals surface area contributed by atoms with Gasteiger partial charge >= 0.3 is 30.0 Å². The average molecular weight is 694 g/mol. The lowest BCUT2D eigenvalue weighted by atomic mass is 9.52. The molecule has 2 bridgehead atoms. The fourth-order valence-corrected chi connectivity index (χ4v) is 8.40. The largest absolute Gasteiger partial charge is 0.467 e. The minimum atomic E-state index is -1.56. The molecule has 8 atom stereocenters. The van der Waals surface area contributed by atoms with Crippen LogP contribution in [-0.4, -0.2) is 85.3 Å². The third-order valence-corrected chi connectivity index (χ3v) is 10.3. The second-order valence-electron chi connectivity index (χ2n) is 13.4. The highest BCUT2D eigenvalue weighted by Gasteiger charge is 2.57. The van der Waals surface area contributed by atoms with E-state index in [4.69, 9.17) is 33.2 Å². The first-order valence-electron chi connectivity index (χ1n) is 17.0. The molecule has 2 aromatic rings. The molecule has 0 radical (unpaired) electrons. The number of rotatable bonds is 8. The van der Waals surface area contributed by atoms with Crippen molar-refractivity contribution in [1.82, 2.24) is 4.90 Å². The Hall–Kier alpha value is -4.65. The molecule has 0 unspecified atom stereocenters. The third-order valence-electron chi connectivity index (χ3n) is 10.3. The van der Waals surface area contributed by atoms with Crippen LogP contribution >= 0.6 is 0 Å². The quantitative estimate of drug-likeness (QED) is 0.288. The van der Waals surface area contributed by atoms with Crippen molar-refractivity contribution in [2.45, 2.75) is 108 Å². The number of amides is 1. The molecule has 13 heteroatoms. The Kier molecular flexibility index (Phi) is 10.3. The predicted molar refractivity (Wildman–Crippen MR) is 173 cm³/mol. The Labute approximate surface area is 290 Å². The van der Waals surface area contributed by atoms with Gasteiger partial charge in [-0.15, -0.1) is 0 Å². The number of benzene rings is 2. The number of hydrogen-bond acceptors (Lipinski definition) is 12. The number of nitrogens with zero attached hydrogens (tertiary/aromatic N) is 1. The van der Waals surface area contributed by atoms with Crippen LogP contribution in [0.15, 0.2) is 48.5 Å². The van der Waals surface area contributed by atoms with E-state index in [0.29, 0.717) is 18.7 Å². The molecule has 2 aromatic carbocycles. The van der Waals surface area contributed by atoms with Gasteiger partial charge in [0.25, 0.3) is 0 Å². The lowest BCUT2D eigenvalue weighted by molar-refractivity contribution is -0.282. The normalized spacial score (nSPS) is 29.7. The number of likely N-dealkylation sites (tertiary alicyclic amines) is 1. The van der Waals surface area contributed by atoms with Crippen molar-refractivity contribution in [3.63, 3.8) is 0 Å². The van der Waals surface area contributed by atoms with E-state index in [9.17, 15) is 24.0 Å². The Balaban J connectivity index is 1.29. The fourth-order valence-electron chi connectivity index (χ4n) is 8.40. The summed E-state index contributed by atoms with van der Waals surface area (Å²) >= 11 is 0. The monoisotopic (exact) mass is 693 g/mol. The Morgan fingerprint density at radius 1 is 0.860 bits per heavy atom. The number of methoxy groups -OCH3 is 1. The smallest absolute Gasteiger partial charge is 0.410 e. The summed E-state index contributed by atoms with van der Waals surface area (Å²) in [5.41, 5.74) is 2.97. The van der Waals surface area contributed by atoms with Crippen molar-refractivity contribution >= 4 is 30.0 Å². The van der Waals surface area contributed by atoms with Gasteiger partial charge in [0.1, 0.15) is 12.4 Å². The number of hydrogen-bond donors (Lipinski definition) is 0. The molecule has 1 amide bonds. The average Bonchev–Trinajstić information content (AvgIpc) is 3.09. The van der Waals surface area contributed by atoms with Gasteiger partial charge in [-0.05, 0) is 60.4 Å². The van der Waals surface area contributed by atoms with Gasteiger partial charge in [-0.3, -0.25) is 14.4 Å². The van der Waals surface area contributed by atoms with Gasteiger partial charge in [-0.2, -0.15) is 0 Å². The van der Waals surface area contributed by atoms with Crippen molar-refractivity contribution < 1.29 is 57.1 Å². The van der Waals surface area contributed by atoms with Crippen LogP contribution in [0.1, 0.15) is 69.6 Å². The molecule has 3 fully saturated rings. The van der Waals surface area contributed by atoms with E-state index in [-0.39, 0.29) is 30.1 Å². The highest BCUT2D eigenvalue weighted by molar-refractivity contribution is 5.77. The maximum absolute atomic E-state index is 13.5. The zero-order valence-corrected chi connectivity index (χ0v) is 28.7. The van der Waals surface area contributed by atoms with Crippen LogP contribution in [0.2, 0.25) is 0 Å². The predicted octanol–water partition coefficient (Wildman–Crippen LogP) is 4.15. The molecule has 0 N–H and O–H groups in total. The van der Waals surface area contributed by atoms with Crippen molar-refractivity contribution in [3.8, 4) is 5.75 Å². The van der Waals surface area contributed by atoms with Gasteiger partial charge in [0.05, 0.1) is 7.11 Å². The van der Waals surface area contributed by atoms with Crippen molar-refractivity contribution in [2.24, 2.45) is 5.92 Å². The molecule has 50 heavy (non-hydrogen) atoms. The van der Waals surface area contributed by atoms with E-state index in [0.717, 1.165) is 76.7 Å². The summed E-state index contributed by atoms with van der Waals surface area (Å²) in [4.78, 5) is 64.8. The van der Waals surface area contributed by atoms with Crippen molar-refractivity contribution in [3.05, 3.63) is 65.2 Å². The van der Waals surface area contributed by atoms with Crippen LogP contribution in [0.3, 0.4) is 0 Å². The highest BCUT2D eigenvalue weighted by atomic mass is 16.7. The summed E-state index contributed by atoms with van der Waals surface area (Å²) in [6, 6.07) is 15.3. The number of ether oxygens (including phenoxy) is 7. The van der Waals surface area contributed by atoms with E-state index in [2.05, 4.69) is 0 Å². The van der Waals surface area contributed by atoms with Gasteiger partial charge in [-0.1, -0.05) is 49.2 Å². The number of esters is 4. The first kappa shape index (κ1) is 35.2. The molecule has 6 rings (SSSR count). The number of carbonyl (C=O) groups is 5. The summed E-state index contributed by atoms with van der Waals surface area (Å²) < 4.78 is 39.5. The van der Waals surface area contributed by atoms with Crippen LogP contribution < -0.4 is 4.74 Å². The molecule has 268 valence electrons. The van der Waals surface area contributed by atoms with Crippen LogP contribution in [-0.2, 0) is 66.0 Å². The van der Waals surface area contributed by atoms with E-state index >= 15 is 0 Å². The summed E-state index contributed by atoms with van der Waals surface area (Å²) in [7, 11) is 1.14. The first-order chi connectivity index (χ1) is 24.0. The second kappa shape index (κ2) is 14.7. The van der Waals surface area contributed by atoms with Crippen LogP contribution in [0, 0.1) is 5.92 Å². The molecule has 1 saturated carbocycles. The molecule has 2 aliphatic carbocycles. The van der Waals surface area contributed by atoms with E-state index in [1.165, 1.54) is 0 Å². The van der Waals surface area contributed by atoms with Gasteiger partial charge in [0.15, 0.2) is 18.3 Å². The van der Waals surface area contributed by atoms with E-state index in [1.807, 2.05) is 47.4 Å². The zero-order chi connectivity index (χ0) is 35.6. The van der Waals surface area contributed by atoms with Gasteiger partial charge in [0, 0.05) is 38.8 Å². The van der Waals surface area contributed by atoms with Gasteiger partial charge < -0.3 is 38.1 Å². The van der Waals surface area contributed by atoms with Gasteiger partial charge in [0.2, 0.25) is 12.4 Å². The summed E-state index contributed by atoms with van der Waals surface area (Å²) in [6.45, 7) is 4.19. The molecule has 0 spiro atoms. The van der Waals surface area contributed by atoms with Crippen LogP contribution in [0.25, 0.3) is 0 Å². The standard InChI is InChI=1S/C37H43NO12/c1-21(39)46-30-31(47-22(2)40)33(48-23(3)41)35(50-32(30)34(42)44-4)49-26-14-13-25-18-29-27-12-8-9-15-37(27,28(25)19-26)16-17-38(29)36(43)45-20-24-10-6-5-7-11-24/h5-7,10-11,13-14,19,27,29-33,35H,8-9,12,15-18,20H2,1-4H3/t27-,29+,30+,31+,32+,33-,35-,37+/m1/s1. The molecule has 13 nitrogen and oxygen atoms in total. The SMILES string of the molecule is COC(=O)[C@H]1O[C@@H](Oc2ccc3c(c2)[C@]24CCCC[C@@H]2[C@H](C3)N(C(=O)OCc2ccccc2)CC4)[C@H](OC(C)=O)[C@@H](OC(C)=O)[C@@H]1OC(C)=O. The Bertz CT molecular complexity index is 1610. The molecular formula is C37H43NO12. The van der Waals surface area contributed by atoms with E-state index in [1.54, 1.807) is 6.07 Å². The topological polar surface area (TPSA) is 153 Å². The first-order valence-corrected chi connectivity index (χ1v) is 17.0. The summed E-state index contributed by atoms with van der Waals surface area (Å²) in [5.74, 6) is -2.60. The molecule has 4 aliphatic rings. The maximum Gasteiger partial charge on any atom is 0.410 e. The minimum absolute atomic E-state index is 0.00914. The third kappa shape index (κ3) is 7.01. The van der Waals surface area contributed by atoms with Crippen LogP contribution in [0.4, 0.5) is 4.79 Å². The minimum Gasteiger partial charge on any atom is -0.467 e. The molecule has 2 heterocycles. The Morgan fingerprint density at radius 3 is 2.26 bits per heavy atom. The van der Waals surface area contributed by atoms with Gasteiger partial charge in [-0.25, -0.2) is 9.59 Å². The highest BCUT2D eigenvalue weighted by Crippen LogP contribution is 2.56. The number of carbonyl (C=O) groups excluding carboxylic acids is 5. The lowest BCUT2D eigenvalue weighted by Crippen LogP contribution is -2.64. The molecule has 2 aliphatic heterocycles.